The summed E-state index contributed by atoms with van der Waals surface area (Å²) in [5.74, 6) is 0.723. The first-order valence-corrected chi connectivity index (χ1v) is 9.23. The van der Waals surface area contributed by atoms with E-state index in [-0.39, 0.29) is 24.9 Å². The Bertz CT molecular complexity index is 591. The third-order valence-corrected chi connectivity index (χ3v) is 4.59. The maximum absolute atomic E-state index is 12.5. The molecule has 0 radical (unpaired) electrons. The molecule has 1 aliphatic rings. The van der Waals surface area contributed by atoms with Gasteiger partial charge in [-0.3, -0.25) is 14.5 Å². The molecule has 1 aromatic rings. The van der Waals surface area contributed by atoms with Crippen LogP contribution >= 0.6 is 0 Å². The molecule has 1 N–H and O–H groups in total. The minimum Gasteiger partial charge on any atom is -0.341 e. The molecule has 1 aromatic carbocycles. The Morgan fingerprint density at radius 2 is 1.80 bits per heavy atom. The van der Waals surface area contributed by atoms with Crippen molar-refractivity contribution in [3.63, 3.8) is 0 Å². The quantitative estimate of drug-likeness (QED) is 0.749. The van der Waals surface area contributed by atoms with Crippen LogP contribution in [0.25, 0.3) is 0 Å². The smallest absolute Gasteiger partial charge is 0.238 e. The first-order valence-electron chi connectivity index (χ1n) is 9.23. The van der Waals surface area contributed by atoms with Crippen LogP contribution in [-0.2, 0) is 9.59 Å². The molecule has 0 unspecified atom stereocenters. The lowest BCUT2D eigenvalue weighted by atomic mass is 10.1. The fourth-order valence-electron chi connectivity index (χ4n) is 3.02. The number of para-hydroxylation sites is 1. The molecule has 138 valence electrons. The summed E-state index contributed by atoms with van der Waals surface area (Å²) in [5, 5.41) is 2.97. The molecular formula is C20H31N3O2. The van der Waals surface area contributed by atoms with Gasteiger partial charge in [0.15, 0.2) is 0 Å². The molecule has 25 heavy (non-hydrogen) atoms. The van der Waals surface area contributed by atoms with Gasteiger partial charge in [-0.25, -0.2) is 0 Å². The van der Waals surface area contributed by atoms with Crippen LogP contribution in [0.3, 0.4) is 0 Å². The largest absolute Gasteiger partial charge is 0.341 e. The minimum absolute atomic E-state index is 0.0862. The molecule has 0 saturated heterocycles. The molecule has 0 spiro atoms. The number of benzene rings is 1. The number of carbonyl (C=O) groups excluding carboxylic acids is 2. The van der Waals surface area contributed by atoms with Gasteiger partial charge < -0.3 is 10.2 Å². The van der Waals surface area contributed by atoms with E-state index in [1.165, 1.54) is 12.8 Å². The highest BCUT2D eigenvalue weighted by Gasteiger charge is 2.26. The summed E-state index contributed by atoms with van der Waals surface area (Å²) >= 11 is 0. The predicted molar refractivity (Wildman–Crippen MR) is 102 cm³/mol. The summed E-state index contributed by atoms with van der Waals surface area (Å²) in [6, 6.07) is 5.94. The zero-order valence-electron chi connectivity index (χ0n) is 16.0. The third-order valence-electron chi connectivity index (χ3n) is 4.59. The number of rotatable bonds is 9. The summed E-state index contributed by atoms with van der Waals surface area (Å²) in [6.07, 6.45) is 3.44. The van der Waals surface area contributed by atoms with Crippen LogP contribution < -0.4 is 5.32 Å². The normalized spacial score (nSPS) is 13.8. The molecule has 0 atom stereocenters. The second kappa shape index (κ2) is 8.99. The number of anilines is 1. The zero-order chi connectivity index (χ0) is 18.4. The van der Waals surface area contributed by atoms with Crippen LogP contribution in [0.15, 0.2) is 18.2 Å². The van der Waals surface area contributed by atoms with E-state index in [0.29, 0.717) is 5.92 Å². The fraction of sp³-hybridized carbons (Fsp3) is 0.600. The van der Waals surface area contributed by atoms with E-state index >= 15 is 0 Å². The molecule has 5 heteroatoms. The zero-order valence-corrected chi connectivity index (χ0v) is 16.0. The van der Waals surface area contributed by atoms with Crippen molar-refractivity contribution in [1.82, 2.24) is 9.80 Å². The number of aryl methyl sites for hydroxylation is 2. The van der Waals surface area contributed by atoms with Gasteiger partial charge in [-0.15, -0.1) is 0 Å². The van der Waals surface area contributed by atoms with Gasteiger partial charge in [0.1, 0.15) is 0 Å². The van der Waals surface area contributed by atoms with Crippen LogP contribution in [0, 0.1) is 19.8 Å². The van der Waals surface area contributed by atoms with E-state index in [1.54, 1.807) is 4.90 Å². The third kappa shape index (κ3) is 6.16. The van der Waals surface area contributed by atoms with Gasteiger partial charge in [0.25, 0.3) is 0 Å². The van der Waals surface area contributed by atoms with E-state index < -0.39 is 0 Å². The molecule has 1 fully saturated rings. The molecule has 0 bridgehead atoms. The average Bonchev–Trinajstić information content (AvgIpc) is 3.34. The lowest BCUT2D eigenvalue weighted by Gasteiger charge is -2.25. The summed E-state index contributed by atoms with van der Waals surface area (Å²) in [4.78, 5) is 28.6. The van der Waals surface area contributed by atoms with E-state index in [2.05, 4.69) is 12.2 Å². The Hall–Kier alpha value is -1.88. The molecule has 0 aromatic heterocycles. The monoisotopic (exact) mass is 345 g/mol. The van der Waals surface area contributed by atoms with Crippen molar-refractivity contribution in [2.45, 2.75) is 40.0 Å². The predicted octanol–water partition coefficient (Wildman–Crippen LogP) is 2.82. The van der Waals surface area contributed by atoms with Gasteiger partial charge in [-0.1, -0.05) is 25.1 Å². The van der Waals surface area contributed by atoms with Crippen LogP contribution in [-0.4, -0.2) is 54.8 Å². The summed E-state index contributed by atoms with van der Waals surface area (Å²) in [7, 11) is 1.82. The lowest BCUT2D eigenvalue weighted by Crippen LogP contribution is -2.42. The van der Waals surface area contributed by atoms with Crippen LogP contribution in [0.1, 0.15) is 37.3 Å². The highest BCUT2D eigenvalue weighted by molar-refractivity contribution is 5.94. The van der Waals surface area contributed by atoms with Crippen molar-refractivity contribution in [2.24, 2.45) is 5.92 Å². The Morgan fingerprint density at radius 1 is 1.16 bits per heavy atom. The fourth-order valence-corrected chi connectivity index (χ4v) is 3.02. The highest BCUT2D eigenvalue weighted by atomic mass is 16.2. The van der Waals surface area contributed by atoms with Gasteiger partial charge in [0.2, 0.25) is 11.8 Å². The summed E-state index contributed by atoms with van der Waals surface area (Å²) < 4.78 is 0. The molecule has 0 aliphatic heterocycles. The number of hydrogen-bond donors (Lipinski definition) is 1. The van der Waals surface area contributed by atoms with Crippen molar-refractivity contribution < 1.29 is 9.59 Å². The van der Waals surface area contributed by atoms with Crippen LogP contribution in [0.4, 0.5) is 5.69 Å². The standard InChI is InChI=1S/C20H31N3O2/c1-5-11-23(12-17-9-10-17)19(25)14-22(4)13-18(24)21-20-15(2)7-6-8-16(20)3/h6-8,17H,5,9-14H2,1-4H3,(H,21,24). The molecule has 1 aliphatic carbocycles. The molecular weight excluding hydrogens is 314 g/mol. The second-order valence-corrected chi connectivity index (χ2v) is 7.27. The molecule has 1 saturated carbocycles. The topological polar surface area (TPSA) is 52.7 Å². The van der Waals surface area contributed by atoms with Gasteiger partial charge in [-0.2, -0.15) is 0 Å². The molecule has 2 rings (SSSR count). The number of likely N-dealkylation sites (N-methyl/N-ethyl adjacent to an activating group) is 1. The highest BCUT2D eigenvalue weighted by Crippen LogP contribution is 2.29. The average molecular weight is 345 g/mol. The Morgan fingerprint density at radius 3 is 2.36 bits per heavy atom. The molecule has 2 amide bonds. The van der Waals surface area contributed by atoms with Crippen molar-refractivity contribution in [1.29, 1.82) is 0 Å². The number of amides is 2. The SMILES string of the molecule is CCCN(CC1CC1)C(=O)CN(C)CC(=O)Nc1c(C)cccc1C. The van der Waals surface area contributed by atoms with Crippen LogP contribution in [0.5, 0.6) is 0 Å². The maximum Gasteiger partial charge on any atom is 0.238 e. The van der Waals surface area contributed by atoms with E-state index in [4.69, 9.17) is 0 Å². The first-order chi connectivity index (χ1) is 11.9. The van der Waals surface area contributed by atoms with E-state index in [9.17, 15) is 9.59 Å². The van der Waals surface area contributed by atoms with Crippen molar-refractivity contribution >= 4 is 17.5 Å². The number of carbonyl (C=O) groups is 2. The Kier molecular flexibility index (Phi) is 7.00. The van der Waals surface area contributed by atoms with Crippen molar-refractivity contribution in [2.75, 3.05) is 38.5 Å². The Balaban J connectivity index is 1.84. The summed E-state index contributed by atoms with van der Waals surface area (Å²) in [5.41, 5.74) is 2.96. The van der Waals surface area contributed by atoms with Gasteiger partial charge in [0, 0.05) is 18.8 Å². The lowest BCUT2D eigenvalue weighted by molar-refractivity contribution is -0.132. The van der Waals surface area contributed by atoms with Crippen LogP contribution in [0.2, 0.25) is 0 Å². The maximum atomic E-state index is 12.5. The van der Waals surface area contributed by atoms with Gasteiger partial charge in [-0.05, 0) is 57.2 Å². The van der Waals surface area contributed by atoms with Gasteiger partial charge >= 0.3 is 0 Å². The van der Waals surface area contributed by atoms with Crippen molar-refractivity contribution in [3.05, 3.63) is 29.3 Å². The van der Waals surface area contributed by atoms with Gasteiger partial charge in [0.05, 0.1) is 13.1 Å². The van der Waals surface area contributed by atoms with E-state index in [1.807, 2.05) is 44.0 Å². The molecule has 5 nitrogen and oxygen atoms in total. The number of nitrogens with one attached hydrogen (secondary N) is 1. The minimum atomic E-state index is -0.0862. The second-order valence-electron chi connectivity index (χ2n) is 7.27. The van der Waals surface area contributed by atoms with Crippen molar-refractivity contribution in [3.8, 4) is 0 Å². The Labute approximate surface area is 151 Å². The number of hydrogen-bond acceptors (Lipinski definition) is 3. The number of nitrogens with zero attached hydrogens (tertiary/aromatic N) is 2. The summed E-state index contributed by atoms with van der Waals surface area (Å²) in [6.45, 7) is 8.23. The van der Waals surface area contributed by atoms with E-state index in [0.717, 1.165) is 36.3 Å². The first kappa shape index (κ1) is 19.4. The molecule has 0 heterocycles.